The Bertz CT molecular complexity index is 599. The van der Waals surface area contributed by atoms with Crippen LogP contribution in [0, 0.1) is 12.7 Å². The molecular formula is C13H12FN3O. The third kappa shape index (κ3) is 2.45. The van der Waals surface area contributed by atoms with Crippen LogP contribution in [0.5, 0.6) is 0 Å². The smallest absolute Gasteiger partial charge is 0.276 e. The zero-order valence-electron chi connectivity index (χ0n) is 9.77. The van der Waals surface area contributed by atoms with E-state index in [2.05, 4.69) is 10.3 Å². The van der Waals surface area contributed by atoms with Gasteiger partial charge in [0.25, 0.3) is 5.91 Å². The fourth-order valence-electron chi connectivity index (χ4n) is 1.52. The van der Waals surface area contributed by atoms with E-state index in [-0.39, 0.29) is 11.4 Å². The molecule has 0 spiro atoms. The van der Waals surface area contributed by atoms with Crippen molar-refractivity contribution < 1.29 is 9.18 Å². The molecule has 0 fully saturated rings. The number of benzene rings is 1. The minimum atomic E-state index is -0.457. The average molecular weight is 245 g/mol. The number of nitrogens with one attached hydrogen (secondary N) is 1. The van der Waals surface area contributed by atoms with Crippen LogP contribution in [0.1, 0.15) is 16.1 Å². The molecule has 1 heterocycles. The van der Waals surface area contributed by atoms with Gasteiger partial charge >= 0.3 is 0 Å². The Morgan fingerprint density at radius 1 is 1.39 bits per heavy atom. The van der Waals surface area contributed by atoms with Crippen molar-refractivity contribution in [2.24, 2.45) is 0 Å². The first-order valence-electron chi connectivity index (χ1n) is 5.36. The van der Waals surface area contributed by atoms with Crippen LogP contribution < -0.4 is 11.1 Å². The van der Waals surface area contributed by atoms with Crippen molar-refractivity contribution in [2.75, 3.05) is 11.1 Å². The quantitative estimate of drug-likeness (QED) is 0.853. The van der Waals surface area contributed by atoms with Crippen LogP contribution >= 0.6 is 0 Å². The normalized spacial score (nSPS) is 10.1. The molecule has 0 bridgehead atoms. The lowest BCUT2D eigenvalue weighted by Crippen LogP contribution is -2.16. The molecule has 0 saturated heterocycles. The van der Waals surface area contributed by atoms with E-state index < -0.39 is 11.7 Å². The van der Waals surface area contributed by atoms with Crippen molar-refractivity contribution >= 4 is 17.3 Å². The first kappa shape index (κ1) is 12.0. The monoisotopic (exact) mass is 245 g/mol. The van der Waals surface area contributed by atoms with Gasteiger partial charge in [-0.3, -0.25) is 4.79 Å². The Hall–Kier alpha value is -2.43. The number of carbonyl (C=O) groups is 1. The largest absolute Gasteiger partial charge is 0.397 e. The molecule has 92 valence electrons. The molecular weight excluding hydrogens is 233 g/mol. The zero-order chi connectivity index (χ0) is 13.1. The number of hydrogen-bond donors (Lipinski definition) is 2. The Labute approximate surface area is 104 Å². The number of halogens is 1. The van der Waals surface area contributed by atoms with Gasteiger partial charge in [-0.05, 0) is 36.8 Å². The number of nitrogen functional groups attached to an aromatic ring is 1. The van der Waals surface area contributed by atoms with Crippen LogP contribution in [-0.4, -0.2) is 10.9 Å². The maximum atomic E-state index is 13.1. The molecule has 3 N–H and O–H groups in total. The van der Waals surface area contributed by atoms with Gasteiger partial charge in [-0.25, -0.2) is 9.37 Å². The maximum absolute atomic E-state index is 13.1. The van der Waals surface area contributed by atoms with Crippen molar-refractivity contribution in [3.8, 4) is 0 Å². The highest BCUT2D eigenvalue weighted by atomic mass is 19.1. The van der Waals surface area contributed by atoms with Crippen LogP contribution in [0.2, 0.25) is 0 Å². The highest BCUT2D eigenvalue weighted by molar-refractivity contribution is 6.06. The maximum Gasteiger partial charge on any atom is 0.276 e. The van der Waals surface area contributed by atoms with Crippen LogP contribution in [0.4, 0.5) is 15.8 Å². The minimum absolute atomic E-state index is 0.126. The lowest BCUT2D eigenvalue weighted by atomic mass is 10.2. The van der Waals surface area contributed by atoms with E-state index in [0.717, 1.165) is 5.56 Å². The molecule has 2 rings (SSSR count). The van der Waals surface area contributed by atoms with Gasteiger partial charge < -0.3 is 11.1 Å². The van der Waals surface area contributed by atoms with Gasteiger partial charge in [0.1, 0.15) is 5.82 Å². The second-order valence-electron chi connectivity index (χ2n) is 3.85. The lowest BCUT2D eigenvalue weighted by molar-refractivity contribution is 0.102. The minimum Gasteiger partial charge on any atom is -0.397 e. The number of pyridine rings is 1. The summed E-state index contributed by atoms with van der Waals surface area (Å²) in [5.74, 6) is -0.869. The summed E-state index contributed by atoms with van der Waals surface area (Å²) in [6.07, 6.45) is 1.48. The topological polar surface area (TPSA) is 68.0 Å². The number of anilines is 2. The second-order valence-corrected chi connectivity index (χ2v) is 3.85. The number of rotatable bonds is 2. The molecule has 1 amide bonds. The summed E-state index contributed by atoms with van der Waals surface area (Å²) in [6, 6.07) is 7.40. The fourth-order valence-corrected chi connectivity index (χ4v) is 1.52. The van der Waals surface area contributed by atoms with Crippen LogP contribution in [0.3, 0.4) is 0 Å². The summed E-state index contributed by atoms with van der Waals surface area (Å²) in [6.45, 7) is 1.77. The van der Waals surface area contributed by atoms with Gasteiger partial charge in [0, 0.05) is 11.9 Å². The number of hydrogen-bond acceptors (Lipinski definition) is 3. The molecule has 1 aromatic heterocycles. The van der Waals surface area contributed by atoms with Crippen molar-refractivity contribution in [2.45, 2.75) is 6.92 Å². The molecule has 5 heteroatoms. The zero-order valence-corrected chi connectivity index (χ0v) is 9.77. The molecule has 1 aromatic carbocycles. The first-order valence-corrected chi connectivity index (χ1v) is 5.36. The van der Waals surface area contributed by atoms with E-state index in [9.17, 15) is 9.18 Å². The molecule has 2 aromatic rings. The molecule has 0 radical (unpaired) electrons. The van der Waals surface area contributed by atoms with Gasteiger partial charge in [-0.1, -0.05) is 6.07 Å². The SMILES string of the molecule is Cc1ccc(F)cc1NC(=O)c1ncccc1N. The van der Waals surface area contributed by atoms with Crippen LogP contribution in [0.15, 0.2) is 36.5 Å². The summed E-state index contributed by atoms with van der Waals surface area (Å²) in [4.78, 5) is 15.8. The second kappa shape index (κ2) is 4.83. The number of carbonyl (C=O) groups excluding carboxylic acids is 1. The molecule has 0 atom stereocenters. The van der Waals surface area contributed by atoms with Crippen LogP contribution in [-0.2, 0) is 0 Å². The van der Waals surface area contributed by atoms with Gasteiger partial charge in [-0.15, -0.1) is 0 Å². The molecule has 0 aliphatic rings. The Morgan fingerprint density at radius 2 is 2.17 bits per heavy atom. The van der Waals surface area contributed by atoms with Gasteiger partial charge in [-0.2, -0.15) is 0 Å². The van der Waals surface area contributed by atoms with Gasteiger partial charge in [0.15, 0.2) is 5.69 Å². The molecule has 0 aliphatic carbocycles. The van der Waals surface area contributed by atoms with E-state index in [0.29, 0.717) is 5.69 Å². The molecule has 4 nitrogen and oxygen atoms in total. The van der Waals surface area contributed by atoms with Gasteiger partial charge in [0.2, 0.25) is 0 Å². The van der Waals surface area contributed by atoms with E-state index in [4.69, 9.17) is 5.73 Å². The number of aromatic nitrogens is 1. The fraction of sp³-hybridized carbons (Fsp3) is 0.0769. The lowest BCUT2D eigenvalue weighted by Gasteiger charge is -2.09. The van der Waals surface area contributed by atoms with Crippen molar-refractivity contribution in [1.29, 1.82) is 0 Å². The molecule has 0 saturated carbocycles. The third-order valence-electron chi connectivity index (χ3n) is 2.50. The summed E-state index contributed by atoms with van der Waals surface area (Å²) < 4.78 is 13.1. The number of nitrogens with zero attached hydrogens (tertiary/aromatic N) is 1. The Balaban J connectivity index is 2.27. The van der Waals surface area contributed by atoms with Crippen molar-refractivity contribution in [1.82, 2.24) is 4.98 Å². The Morgan fingerprint density at radius 3 is 2.89 bits per heavy atom. The number of nitrogens with two attached hydrogens (primary N) is 1. The number of aryl methyl sites for hydroxylation is 1. The summed E-state index contributed by atoms with van der Waals surface area (Å²) in [7, 11) is 0. The highest BCUT2D eigenvalue weighted by Crippen LogP contribution is 2.17. The highest BCUT2D eigenvalue weighted by Gasteiger charge is 2.12. The van der Waals surface area contributed by atoms with Crippen LogP contribution in [0.25, 0.3) is 0 Å². The van der Waals surface area contributed by atoms with E-state index in [1.165, 1.54) is 18.3 Å². The van der Waals surface area contributed by atoms with E-state index in [1.807, 2.05) is 0 Å². The first-order chi connectivity index (χ1) is 8.58. The van der Waals surface area contributed by atoms with E-state index >= 15 is 0 Å². The summed E-state index contributed by atoms with van der Waals surface area (Å²) in [5, 5.41) is 2.59. The van der Waals surface area contributed by atoms with Crippen molar-refractivity contribution in [3.05, 3.63) is 53.6 Å². The average Bonchev–Trinajstić information content (AvgIpc) is 2.34. The predicted octanol–water partition coefficient (Wildman–Crippen LogP) is 2.36. The summed E-state index contributed by atoms with van der Waals surface area (Å²) >= 11 is 0. The summed E-state index contributed by atoms with van der Waals surface area (Å²) in [5.41, 5.74) is 7.22. The number of amides is 1. The Kier molecular flexibility index (Phi) is 3.23. The molecule has 0 aliphatic heterocycles. The molecule has 0 unspecified atom stereocenters. The van der Waals surface area contributed by atoms with E-state index in [1.54, 1.807) is 25.1 Å². The third-order valence-corrected chi connectivity index (χ3v) is 2.50. The van der Waals surface area contributed by atoms with Crippen molar-refractivity contribution in [3.63, 3.8) is 0 Å². The predicted molar refractivity (Wildman–Crippen MR) is 67.7 cm³/mol. The standard InChI is InChI=1S/C13H12FN3O/c1-8-4-5-9(14)7-11(8)17-13(18)12-10(15)3-2-6-16-12/h2-7H,15H2,1H3,(H,17,18). The van der Waals surface area contributed by atoms with Gasteiger partial charge in [0.05, 0.1) is 5.69 Å². The molecule has 18 heavy (non-hydrogen) atoms.